The summed E-state index contributed by atoms with van der Waals surface area (Å²) in [4.78, 5) is 13.4. The van der Waals surface area contributed by atoms with E-state index >= 15 is 4.39 Å². The number of hydrogen-bond donors (Lipinski definition) is 3. The minimum Gasteiger partial charge on any atom is -0.503 e. The van der Waals surface area contributed by atoms with Crippen molar-refractivity contribution in [1.82, 2.24) is 0 Å². The van der Waals surface area contributed by atoms with E-state index in [1.165, 1.54) is 0 Å². The summed E-state index contributed by atoms with van der Waals surface area (Å²) in [6, 6.07) is 11.6. The van der Waals surface area contributed by atoms with Crippen LogP contribution >= 0.6 is 0 Å². The van der Waals surface area contributed by atoms with Crippen LogP contribution in [0.25, 0.3) is 0 Å². The number of carbonyl (C=O) groups is 1. The maximum Gasteiger partial charge on any atom is 0.303 e. The second kappa shape index (κ2) is 8.66. The van der Waals surface area contributed by atoms with Crippen LogP contribution in [0.15, 0.2) is 42.5 Å². The van der Waals surface area contributed by atoms with Crippen LogP contribution in [0.4, 0.5) is 14.5 Å². The van der Waals surface area contributed by atoms with Gasteiger partial charge in [0.05, 0.1) is 0 Å². The zero-order chi connectivity index (χ0) is 27.9. The van der Waals surface area contributed by atoms with Crippen molar-refractivity contribution in [2.24, 2.45) is 0 Å². The molecule has 9 heteroatoms. The van der Waals surface area contributed by atoms with Crippen LogP contribution in [0.1, 0.15) is 80.1 Å². The molecule has 3 atom stereocenters. The topological polar surface area (TPSA) is 99.5 Å². The van der Waals surface area contributed by atoms with Crippen molar-refractivity contribution < 1.29 is 38.4 Å². The van der Waals surface area contributed by atoms with Crippen LogP contribution in [0.2, 0.25) is 0 Å². The first-order chi connectivity index (χ1) is 18.5. The number of hydrogen-bond acceptors (Lipinski definition) is 6. The second-order valence-corrected chi connectivity index (χ2v) is 11.2. The molecule has 0 fully saturated rings. The molecular weight excluding hydrogens is 508 g/mol. The Labute approximate surface area is 224 Å². The number of halogens is 2. The summed E-state index contributed by atoms with van der Waals surface area (Å²) in [7, 11) is 0. The van der Waals surface area contributed by atoms with Gasteiger partial charge in [0.15, 0.2) is 29.2 Å². The second-order valence-electron chi connectivity index (χ2n) is 11.2. The maximum absolute atomic E-state index is 15.4. The van der Waals surface area contributed by atoms with Crippen LogP contribution < -0.4 is 9.64 Å². The number of carboxylic acid groups (broad SMARTS) is 1. The number of phenols is 1. The van der Waals surface area contributed by atoms with Gasteiger partial charge in [0.25, 0.3) is 0 Å². The molecule has 0 aromatic heterocycles. The van der Waals surface area contributed by atoms with Gasteiger partial charge in [-0.3, -0.25) is 4.79 Å². The first-order valence-electron chi connectivity index (χ1n) is 13.0. The Balaban J connectivity index is 1.61. The zero-order valence-corrected chi connectivity index (χ0v) is 21.8. The third-order valence-corrected chi connectivity index (χ3v) is 8.27. The fourth-order valence-electron chi connectivity index (χ4n) is 6.63. The lowest BCUT2D eigenvalue weighted by molar-refractivity contribution is -0.142. The van der Waals surface area contributed by atoms with E-state index in [0.29, 0.717) is 29.7 Å². The number of carboxylic acids is 1. The van der Waals surface area contributed by atoms with Crippen LogP contribution in [0.5, 0.6) is 17.2 Å². The Morgan fingerprint density at radius 3 is 2.59 bits per heavy atom. The standard InChI is InChI=1S/C30H29F2NO6/c1-15-14-29(2,3)33(10-6-9-24(34)35)22-13-23-19(11-17(15)22)30(18-8-5-4-7-16(18)28(37)39-30)20-12-21(31)26(36)25(32)27(20)38-23/h4-5,7-8,11-13,15,28,36-37H,6,9-10,14H2,1-3H3,(H,34,35). The molecule has 0 radical (unpaired) electrons. The summed E-state index contributed by atoms with van der Waals surface area (Å²) < 4.78 is 42.5. The van der Waals surface area contributed by atoms with E-state index < -0.39 is 35.2 Å². The van der Waals surface area contributed by atoms with Crippen molar-refractivity contribution in [2.75, 3.05) is 11.4 Å². The summed E-state index contributed by atoms with van der Waals surface area (Å²) in [6.07, 6.45) is -0.122. The molecule has 3 aromatic rings. The average Bonchev–Trinajstić information content (AvgIpc) is 3.17. The summed E-state index contributed by atoms with van der Waals surface area (Å²) >= 11 is 0. The molecule has 3 N–H and O–H groups in total. The smallest absolute Gasteiger partial charge is 0.303 e. The van der Waals surface area contributed by atoms with Gasteiger partial charge < -0.3 is 29.7 Å². The number of fused-ring (bicyclic) bond motifs is 7. The molecule has 3 aliphatic heterocycles. The quantitative estimate of drug-likeness (QED) is 0.373. The SMILES string of the molecule is CC1CC(C)(C)N(CCCC(=O)O)c2cc3c(cc21)C1(OC(O)c2ccccc21)c1cc(F)c(O)c(F)c1O3. The minimum atomic E-state index is -1.59. The van der Waals surface area contributed by atoms with Gasteiger partial charge in [-0.1, -0.05) is 31.2 Å². The third kappa shape index (κ3) is 3.63. The van der Waals surface area contributed by atoms with Crippen molar-refractivity contribution in [3.63, 3.8) is 0 Å². The van der Waals surface area contributed by atoms with E-state index in [1.807, 2.05) is 6.07 Å². The molecule has 1 spiro atoms. The number of rotatable bonds is 4. The average molecular weight is 538 g/mol. The Kier molecular flexibility index (Phi) is 5.68. The highest BCUT2D eigenvalue weighted by atomic mass is 19.1. The first-order valence-corrected chi connectivity index (χ1v) is 13.0. The lowest BCUT2D eigenvalue weighted by Crippen LogP contribution is -2.49. The van der Waals surface area contributed by atoms with Gasteiger partial charge in [0, 0.05) is 52.5 Å². The van der Waals surface area contributed by atoms with Gasteiger partial charge in [-0.15, -0.1) is 0 Å². The highest BCUT2D eigenvalue weighted by Crippen LogP contribution is 2.61. The summed E-state index contributed by atoms with van der Waals surface area (Å²) in [5.74, 6) is -4.52. The monoisotopic (exact) mass is 537 g/mol. The van der Waals surface area contributed by atoms with Gasteiger partial charge in [-0.25, -0.2) is 4.39 Å². The zero-order valence-electron chi connectivity index (χ0n) is 21.8. The molecule has 204 valence electrons. The van der Waals surface area contributed by atoms with Crippen molar-refractivity contribution in [1.29, 1.82) is 0 Å². The first kappa shape index (κ1) is 25.6. The van der Waals surface area contributed by atoms with Crippen molar-refractivity contribution in [3.05, 3.63) is 81.9 Å². The van der Waals surface area contributed by atoms with Crippen molar-refractivity contribution >= 4 is 11.7 Å². The Morgan fingerprint density at radius 1 is 1.10 bits per heavy atom. The molecule has 39 heavy (non-hydrogen) atoms. The highest BCUT2D eigenvalue weighted by Gasteiger charge is 2.54. The van der Waals surface area contributed by atoms with Gasteiger partial charge in [0.1, 0.15) is 5.75 Å². The summed E-state index contributed by atoms with van der Waals surface area (Å²) in [5.41, 5.74) is 1.36. The molecule has 3 aliphatic rings. The van der Waals surface area contributed by atoms with Crippen LogP contribution in [0.3, 0.4) is 0 Å². The van der Waals surface area contributed by atoms with E-state index in [1.54, 1.807) is 30.3 Å². The summed E-state index contributed by atoms with van der Waals surface area (Å²) in [6.45, 7) is 6.77. The Bertz CT molecular complexity index is 1520. The third-order valence-electron chi connectivity index (χ3n) is 8.27. The fourth-order valence-corrected chi connectivity index (χ4v) is 6.63. The number of anilines is 1. The molecule has 7 nitrogen and oxygen atoms in total. The number of phenolic OH excluding ortho intramolecular Hbond substituents is 1. The van der Waals surface area contributed by atoms with Crippen LogP contribution in [0, 0.1) is 11.6 Å². The lowest BCUT2D eigenvalue weighted by atomic mass is 9.74. The molecule has 0 aliphatic carbocycles. The molecule has 0 amide bonds. The molecule has 0 saturated heterocycles. The number of aliphatic hydroxyl groups excluding tert-OH is 1. The number of aliphatic hydroxyl groups is 1. The molecule has 6 rings (SSSR count). The number of aliphatic carboxylic acids is 1. The van der Waals surface area contributed by atoms with E-state index in [-0.39, 0.29) is 34.9 Å². The largest absolute Gasteiger partial charge is 0.503 e. The normalized spacial score (nSPS) is 24.0. The molecule has 0 bridgehead atoms. The molecule has 3 heterocycles. The fraction of sp³-hybridized carbons (Fsp3) is 0.367. The Hall–Kier alpha value is -3.69. The van der Waals surface area contributed by atoms with Crippen LogP contribution in [-0.4, -0.2) is 33.4 Å². The minimum absolute atomic E-state index is 0.00820. The van der Waals surface area contributed by atoms with Crippen molar-refractivity contribution in [2.45, 2.75) is 63.4 Å². The molecular formula is C30H29F2NO6. The van der Waals surface area contributed by atoms with Gasteiger partial charge in [-0.05, 0) is 50.3 Å². The van der Waals surface area contributed by atoms with Crippen LogP contribution in [-0.2, 0) is 15.1 Å². The molecule has 3 aromatic carbocycles. The van der Waals surface area contributed by atoms with E-state index in [4.69, 9.17) is 9.47 Å². The highest BCUT2D eigenvalue weighted by molar-refractivity contribution is 5.72. The van der Waals surface area contributed by atoms with E-state index in [9.17, 15) is 24.5 Å². The number of nitrogens with zero attached hydrogens (tertiary/aromatic N) is 1. The number of ether oxygens (including phenoxy) is 2. The molecule has 3 unspecified atom stereocenters. The van der Waals surface area contributed by atoms with E-state index in [2.05, 4.69) is 25.7 Å². The van der Waals surface area contributed by atoms with E-state index in [0.717, 1.165) is 23.7 Å². The Morgan fingerprint density at radius 2 is 1.85 bits per heavy atom. The molecule has 0 saturated carbocycles. The maximum atomic E-state index is 15.4. The van der Waals surface area contributed by atoms with Gasteiger partial charge in [-0.2, -0.15) is 4.39 Å². The van der Waals surface area contributed by atoms with Gasteiger partial charge in [0.2, 0.25) is 5.82 Å². The lowest BCUT2D eigenvalue weighted by Gasteiger charge is -2.49. The van der Waals surface area contributed by atoms with Crippen molar-refractivity contribution in [3.8, 4) is 17.2 Å². The predicted molar refractivity (Wildman–Crippen MR) is 138 cm³/mol. The predicted octanol–water partition coefficient (Wildman–Crippen LogP) is 6.05. The van der Waals surface area contributed by atoms with Gasteiger partial charge >= 0.3 is 5.97 Å². The number of aromatic hydroxyl groups is 1. The summed E-state index contributed by atoms with van der Waals surface area (Å²) in [5, 5.41) is 30.2. The number of benzene rings is 3.